The summed E-state index contributed by atoms with van der Waals surface area (Å²) in [5.41, 5.74) is -0.482. The molecule has 1 amide bonds. The van der Waals surface area contributed by atoms with Gasteiger partial charge >= 0.3 is 0 Å². The van der Waals surface area contributed by atoms with Gasteiger partial charge in [0.2, 0.25) is 5.91 Å². The molecule has 132 valence electrons. The van der Waals surface area contributed by atoms with Gasteiger partial charge in [-0.2, -0.15) is 5.10 Å². The number of carboxylic acids is 1. The summed E-state index contributed by atoms with van der Waals surface area (Å²) in [6, 6.07) is 12.8. The summed E-state index contributed by atoms with van der Waals surface area (Å²) in [6.07, 6.45) is 0. The summed E-state index contributed by atoms with van der Waals surface area (Å²) in [4.78, 5) is 36.0. The summed E-state index contributed by atoms with van der Waals surface area (Å²) in [5, 5.41) is 18.0. The number of ether oxygens (including phenoxy) is 1. The van der Waals surface area contributed by atoms with Crippen LogP contribution in [0.1, 0.15) is 10.5 Å². The van der Waals surface area contributed by atoms with E-state index >= 15 is 0 Å². The molecule has 1 aromatic heterocycles. The molecule has 1 heterocycles. The highest BCUT2D eigenvalue weighted by atomic mass is 16.5. The lowest BCUT2D eigenvalue weighted by Crippen LogP contribution is -2.34. The number of benzene rings is 2. The van der Waals surface area contributed by atoms with Crippen molar-refractivity contribution in [1.29, 1.82) is 0 Å². The van der Waals surface area contributed by atoms with E-state index in [9.17, 15) is 19.5 Å². The van der Waals surface area contributed by atoms with Crippen LogP contribution in [-0.4, -0.2) is 28.8 Å². The molecular formula is C18H14N3O5-. The number of rotatable bonds is 5. The first-order chi connectivity index (χ1) is 12.5. The number of carbonyl (C=O) groups is 2. The van der Waals surface area contributed by atoms with Crippen LogP contribution in [0.2, 0.25) is 0 Å². The molecule has 0 atom stereocenters. The third kappa shape index (κ3) is 3.39. The zero-order valence-corrected chi connectivity index (χ0v) is 13.8. The summed E-state index contributed by atoms with van der Waals surface area (Å²) >= 11 is 0. The Morgan fingerprint density at radius 1 is 1.15 bits per heavy atom. The minimum atomic E-state index is -1.52. The van der Waals surface area contributed by atoms with Crippen molar-refractivity contribution in [2.24, 2.45) is 0 Å². The Bertz CT molecular complexity index is 1060. The average molecular weight is 352 g/mol. The van der Waals surface area contributed by atoms with E-state index in [1.807, 2.05) is 0 Å². The molecule has 0 fully saturated rings. The van der Waals surface area contributed by atoms with Crippen molar-refractivity contribution in [3.05, 3.63) is 64.6 Å². The van der Waals surface area contributed by atoms with E-state index < -0.39 is 29.7 Å². The predicted molar refractivity (Wildman–Crippen MR) is 92.0 cm³/mol. The van der Waals surface area contributed by atoms with Crippen molar-refractivity contribution in [1.82, 2.24) is 9.78 Å². The number of carboxylic acid groups (broad SMARTS) is 1. The van der Waals surface area contributed by atoms with E-state index in [4.69, 9.17) is 4.74 Å². The smallest absolute Gasteiger partial charge is 0.275 e. The molecule has 0 radical (unpaired) electrons. The minimum Gasteiger partial charge on any atom is -0.543 e. The van der Waals surface area contributed by atoms with Crippen LogP contribution in [0.3, 0.4) is 0 Å². The molecule has 3 rings (SSSR count). The number of nitrogens with one attached hydrogen (secondary N) is 1. The molecule has 26 heavy (non-hydrogen) atoms. The number of fused-ring (bicyclic) bond motifs is 1. The van der Waals surface area contributed by atoms with Crippen LogP contribution in [0, 0.1) is 0 Å². The van der Waals surface area contributed by atoms with Crippen LogP contribution in [0.5, 0.6) is 5.75 Å². The van der Waals surface area contributed by atoms with Crippen LogP contribution in [0.15, 0.2) is 53.3 Å². The maximum Gasteiger partial charge on any atom is 0.275 e. The highest BCUT2D eigenvalue weighted by Gasteiger charge is 2.13. The second-order valence-corrected chi connectivity index (χ2v) is 5.42. The number of aromatic carboxylic acids is 1. The summed E-state index contributed by atoms with van der Waals surface area (Å²) in [7, 11) is 1.50. The van der Waals surface area contributed by atoms with Crippen molar-refractivity contribution in [2.75, 3.05) is 12.4 Å². The largest absolute Gasteiger partial charge is 0.543 e. The van der Waals surface area contributed by atoms with Gasteiger partial charge in [-0.25, -0.2) is 4.68 Å². The Kier molecular flexibility index (Phi) is 4.66. The third-order valence-electron chi connectivity index (χ3n) is 3.71. The van der Waals surface area contributed by atoms with Crippen molar-refractivity contribution < 1.29 is 19.4 Å². The molecule has 0 bridgehead atoms. The van der Waals surface area contributed by atoms with E-state index in [1.165, 1.54) is 19.2 Å². The lowest BCUT2D eigenvalue weighted by molar-refractivity contribution is -0.255. The van der Waals surface area contributed by atoms with Gasteiger partial charge in [0, 0.05) is 17.1 Å². The summed E-state index contributed by atoms with van der Waals surface area (Å²) in [6.45, 7) is -0.443. The fourth-order valence-corrected chi connectivity index (χ4v) is 2.53. The number of hydrogen-bond acceptors (Lipinski definition) is 6. The molecule has 1 N–H and O–H groups in total. The first-order valence-electron chi connectivity index (χ1n) is 7.64. The number of amides is 1. The first-order valence-corrected chi connectivity index (χ1v) is 7.64. The zero-order chi connectivity index (χ0) is 18.7. The van der Waals surface area contributed by atoms with Gasteiger partial charge in [-0.1, -0.05) is 24.3 Å². The molecular weight excluding hydrogens is 338 g/mol. The Morgan fingerprint density at radius 2 is 1.88 bits per heavy atom. The van der Waals surface area contributed by atoms with Crippen LogP contribution in [-0.2, 0) is 11.3 Å². The Hall–Kier alpha value is -3.68. The normalized spacial score (nSPS) is 10.5. The van der Waals surface area contributed by atoms with Crippen LogP contribution >= 0.6 is 0 Å². The number of nitrogens with zero attached hydrogens (tertiary/aromatic N) is 2. The quantitative estimate of drug-likeness (QED) is 0.711. The highest BCUT2D eigenvalue weighted by Crippen LogP contribution is 2.17. The van der Waals surface area contributed by atoms with Gasteiger partial charge in [0.1, 0.15) is 18.0 Å². The monoisotopic (exact) mass is 352 g/mol. The number of carbonyl (C=O) groups excluding carboxylic acids is 2. The van der Waals surface area contributed by atoms with Crippen molar-refractivity contribution in [3.63, 3.8) is 0 Å². The number of methoxy groups -OCH3 is 1. The minimum absolute atomic E-state index is 0.149. The molecule has 0 spiro atoms. The summed E-state index contributed by atoms with van der Waals surface area (Å²) < 4.78 is 5.88. The number of aromatic nitrogens is 2. The lowest BCUT2D eigenvalue weighted by atomic mass is 10.1. The van der Waals surface area contributed by atoms with Crippen molar-refractivity contribution in [3.8, 4) is 5.75 Å². The van der Waals surface area contributed by atoms with Gasteiger partial charge in [-0.3, -0.25) is 9.59 Å². The first kappa shape index (κ1) is 17.2. The fourth-order valence-electron chi connectivity index (χ4n) is 2.53. The van der Waals surface area contributed by atoms with E-state index in [1.54, 1.807) is 36.4 Å². The van der Waals surface area contributed by atoms with E-state index in [-0.39, 0.29) is 10.8 Å². The van der Waals surface area contributed by atoms with E-state index in [0.29, 0.717) is 11.4 Å². The summed E-state index contributed by atoms with van der Waals surface area (Å²) in [5.74, 6) is -1.50. The van der Waals surface area contributed by atoms with Gasteiger partial charge in [0.25, 0.3) is 5.56 Å². The molecule has 0 saturated carbocycles. The number of hydrogen-bond donors (Lipinski definition) is 1. The average Bonchev–Trinajstić information content (AvgIpc) is 2.64. The van der Waals surface area contributed by atoms with E-state index in [0.717, 1.165) is 4.68 Å². The predicted octanol–water partition coefficient (Wildman–Crippen LogP) is 0.407. The molecule has 0 saturated heterocycles. The van der Waals surface area contributed by atoms with Gasteiger partial charge in [0.15, 0.2) is 0 Å². The fraction of sp³-hybridized carbons (Fsp3) is 0.111. The molecule has 0 unspecified atom stereocenters. The molecule has 0 aliphatic rings. The highest BCUT2D eigenvalue weighted by molar-refractivity contribution is 6.00. The number of anilines is 1. The van der Waals surface area contributed by atoms with Gasteiger partial charge in [-0.15, -0.1) is 0 Å². The molecule has 0 aliphatic carbocycles. The second-order valence-electron chi connectivity index (χ2n) is 5.42. The Morgan fingerprint density at radius 3 is 2.58 bits per heavy atom. The molecule has 2 aromatic carbocycles. The van der Waals surface area contributed by atoms with Crippen molar-refractivity contribution >= 4 is 28.3 Å². The maximum absolute atomic E-state index is 12.5. The lowest BCUT2D eigenvalue weighted by Gasteiger charge is -2.12. The van der Waals surface area contributed by atoms with Crippen molar-refractivity contribution in [2.45, 2.75) is 6.54 Å². The third-order valence-corrected chi connectivity index (χ3v) is 3.71. The maximum atomic E-state index is 12.5. The Balaban J connectivity index is 1.93. The van der Waals surface area contributed by atoms with Crippen LogP contribution in [0.25, 0.3) is 10.8 Å². The van der Waals surface area contributed by atoms with Crippen LogP contribution < -0.4 is 20.7 Å². The molecule has 8 nitrogen and oxygen atoms in total. The topological polar surface area (TPSA) is 113 Å². The zero-order valence-electron chi connectivity index (χ0n) is 13.8. The SMILES string of the molecule is COc1cccc(NC(=O)Cn2nc(C(=O)[O-])c3ccccc3c2=O)c1. The van der Waals surface area contributed by atoms with E-state index in [2.05, 4.69) is 10.4 Å². The van der Waals surface area contributed by atoms with Crippen LogP contribution in [0.4, 0.5) is 5.69 Å². The molecule has 0 aliphatic heterocycles. The van der Waals surface area contributed by atoms with Gasteiger partial charge in [0.05, 0.1) is 18.5 Å². The van der Waals surface area contributed by atoms with Gasteiger partial charge < -0.3 is 20.0 Å². The molecule has 8 heteroatoms. The standard InChI is InChI=1S/C18H15N3O5/c1-26-12-6-4-5-11(9-12)19-15(22)10-21-17(23)14-8-3-2-7-13(14)16(20-21)18(24)25/h2-9H,10H2,1H3,(H,19,22)(H,24,25)/p-1. The second kappa shape index (κ2) is 7.06. The Labute approximate surface area is 147 Å². The molecule has 3 aromatic rings. The van der Waals surface area contributed by atoms with Gasteiger partial charge in [-0.05, 0) is 18.2 Å².